The van der Waals surface area contributed by atoms with Crippen LogP contribution in [0, 0.1) is 5.92 Å². The van der Waals surface area contributed by atoms with Gasteiger partial charge in [0.1, 0.15) is 0 Å². The molecule has 0 atom stereocenters. The van der Waals surface area contributed by atoms with E-state index in [1.807, 2.05) is 12.1 Å². The Labute approximate surface area is 63.1 Å². The third-order valence-electron chi connectivity index (χ3n) is 1.24. The Morgan fingerprint density at radius 1 is 1.20 bits per heavy atom. The zero-order valence-corrected chi connectivity index (χ0v) is 7.00. The topological polar surface area (TPSA) is 13.1 Å². The predicted octanol–water partition coefficient (Wildman–Crippen LogP) is 3.33. The zero-order valence-electron chi connectivity index (χ0n) is 7.00. The van der Waals surface area contributed by atoms with Crippen LogP contribution in [-0.2, 0) is 0 Å². The minimum absolute atomic E-state index is 0.884. The summed E-state index contributed by atoms with van der Waals surface area (Å²) >= 11 is 0. The summed E-state index contributed by atoms with van der Waals surface area (Å²) in [6.45, 7) is 6.64. The summed E-state index contributed by atoms with van der Waals surface area (Å²) in [4.78, 5) is 0. The maximum absolute atomic E-state index is 4.58. The fourth-order valence-electron chi connectivity index (χ4n) is 0.227. The van der Waals surface area contributed by atoms with Crippen molar-refractivity contribution >= 4 is 0 Å². The fourth-order valence-corrected chi connectivity index (χ4v) is 0.227. The highest BCUT2D eigenvalue weighted by atomic mass is 16.3. The first-order valence-corrected chi connectivity index (χ1v) is 3.74. The molecular formula is C9H16O. The molecule has 0 unspecified atom stereocenters. The Morgan fingerprint density at radius 2 is 1.60 bits per heavy atom. The quantitative estimate of drug-likeness (QED) is 0.583. The Balaban J connectivity index is 0.000000162. The predicted molar refractivity (Wildman–Crippen MR) is 43.8 cm³/mol. The molecule has 0 radical (unpaired) electrons. The van der Waals surface area contributed by atoms with Gasteiger partial charge < -0.3 is 4.42 Å². The second kappa shape index (κ2) is 6.40. The Morgan fingerprint density at radius 3 is 1.70 bits per heavy atom. The summed E-state index contributed by atoms with van der Waals surface area (Å²) in [6.07, 6.45) is 4.56. The molecule has 10 heavy (non-hydrogen) atoms. The van der Waals surface area contributed by atoms with E-state index >= 15 is 0 Å². The van der Waals surface area contributed by atoms with Gasteiger partial charge in [-0.1, -0.05) is 27.2 Å². The molecule has 58 valence electrons. The first-order valence-electron chi connectivity index (χ1n) is 3.74. The van der Waals surface area contributed by atoms with Crippen LogP contribution in [0.15, 0.2) is 29.1 Å². The van der Waals surface area contributed by atoms with Crippen molar-refractivity contribution in [1.82, 2.24) is 0 Å². The van der Waals surface area contributed by atoms with E-state index in [0.717, 1.165) is 5.92 Å². The summed E-state index contributed by atoms with van der Waals surface area (Å²) in [7, 11) is 0. The number of hydrogen-bond acceptors (Lipinski definition) is 1. The molecule has 0 aromatic carbocycles. The molecule has 0 fully saturated rings. The van der Waals surface area contributed by atoms with Crippen LogP contribution >= 0.6 is 0 Å². The van der Waals surface area contributed by atoms with Crippen LogP contribution in [0.4, 0.5) is 0 Å². The second-order valence-corrected chi connectivity index (χ2v) is 2.60. The summed E-state index contributed by atoms with van der Waals surface area (Å²) in [5.41, 5.74) is 0. The van der Waals surface area contributed by atoms with E-state index in [4.69, 9.17) is 0 Å². The van der Waals surface area contributed by atoms with E-state index in [0.29, 0.717) is 0 Å². The molecule has 0 aliphatic carbocycles. The largest absolute Gasteiger partial charge is 0.473 e. The van der Waals surface area contributed by atoms with Crippen molar-refractivity contribution in [2.45, 2.75) is 27.2 Å². The third-order valence-corrected chi connectivity index (χ3v) is 1.24. The van der Waals surface area contributed by atoms with Crippen molar-refractivity contribution in [2.75, 3.05) is 0 Å². The summed E-state index contributed by atoms with van der Waals surface area (Å²) in [6, 6.07) is 3.67. The molecule has 1 aromatic rings. The van der Waals surface area contributed by atoms with Gasteiger partial charge in [0.05, 0.1) is 12.5 Å². The lowest BCUT2D eigenvalue weighted by atomic mass is 10.2. The summed E-state index contributed by atoms with van der Waals surface area (Å²) < 4.78 is 4.58. The average Bonchev–Trinajstić information content (AvgIpc) is 2.43. The molecular weight excluding hydrogens is 124 g/mol. The summed E-state index contributed by atoms with van der Waals surface area (Å²) in [5.74, 6) is 0.884. The van der Waals surface area contributed by atoms with Crippen LogP contribution in [0.5, 0.6) is 0 Å². The standard InChI is InChI=1S/C5H12.C4H4O/c1-4-5(2)3;1-2-4-5-3-1/h5H,4H2,1-3H3;1-4H. The van der Waals surface area contributed by atoms with Crippen LogP contribution in [-0.4, -0.2) is 0 Å². The van der Waals surface area contributed by atoms with Crippen molar-refractivity contribution in [2.24, 2.45) is 5.92 Å². The van der Waals surface area contributed by atoms with Crippen LogP contribution in [0.25, 0.3) is 0 Å². The molecule has 0 N–H and O–H groups in total. The van der Waals surface area contributed by atoms with Gasteiger partial charge in [0.15, 0.2) is 0 Å². The molecule has 1 heteroatoms. The van der Waals surface area contributed by atoms with Crippen molar-refractivity contribution in [3.63, 3.8) is 0 Å². The van der Waals surface area contributed by atoms with Gasteiger partial charge in [0.25, 0.3) is 0 Å². The van der Waals surface area contributed by atoms with Gasteiger partial charge in [-0.2, -0.15) is 0 Å². The van der Waals surface area contributed by atoms with Crippen LogP contribution in [0.3, 0.4) is 0 Å². The zero-order chi connectivity index (χ0) is 7.82. The van der Waals surface area contributed by atoms with E-state index in [9.17, 15) is 0 Å². The van der Waals surface area contributed by atoms with Gasteiger partial charge in [-0.15, -0.1) is 0 Å². The highest BCUT2D eigenvalue weighted by Crippen LogP contribution is 1.93. The smallest absolute Gasteiger partial charge is 0.0902 e. The lowest BCUT2D eigenvalue weighted by molar-refractivity contribution is 0.567. The number of rotatable bonds is 1. The van der Waals surface area contributed by atoms with E-state index < -0.39 is 0 Å². The first kappa shape index (κ1) is 9.28. The highest BCUT2D eigenvalue weighted by Gasteiger charge is 1.80. The molecule has 0 spiro atoms. The molecule has 0 bridgehead atoms. The molecule has 0 saturated carbocycles. The maximum Gasteiger partial charge on any atom is 0.0902 e. The monoisotopic (exact) mass is 140 g/mol. The lowest BCUT2D eigenvalue weighted by Gasteiger charge is -1.90. The number of furan rings is 1. The molecule has 1 aromatic heterocycles. The fraction of sp³-hybridized carbons (Fsp3) is 0.556. The van der Waals surface area contributed by atoms with Crippen molar-refractivity contribution in [1.29, 1.82) is 0 Å². The molecule has 0 saturated heterocycles. The second-order valence-electron chi connectivity index (χ2n) is 2.60. The van der Waals surface area contributed by atoms with Gasteiger partial charge in [0.2, 0.25) is 0 Å². The molecule has 0 aliphatic rings. The normalized spacial score (nSPS) is 8.80. The van der Waals surface area contributed by atoms with Crippen LogP contribution in [0.2, 0.25) is 0 Å². The molecule has 1 heterocycles. The summed E-state index contributed by atoms with van der Waals surface area (Å²) in [5, 5.41) is 0. The minimum Gasteiger partial charge on any atom is -0.473 e. The van der Waals surface area contributed by atoms with E-state index in [2.05, 4.69) is 25.2 Å². The highest BCUT2D eigenvalue weighted by molar-refractivity contribution is 4.79. The van der Waals surface area contributed by atoms with E-state index in [1.165, 1.54) is 6.42 Å². The third kappa shape index (κ3) is 7.28. The van der Waals surface area contributed by atoms with Gasteiger partial charge in [-0.3, -0.25) is 0 Å². The lowest BCUT2D eigenvalue weighted by Crippen LogP contribution is -1.77. The van der Waals surface area contributed by atoms with Gasteiger partial charge in [0, 0.05) is 0 Å². The minimum atomic E-state index is 0.884. The first-order chi connectivity index (χ1) is 4.77. The molecule has 1 nitrogen and oxygen atoms in total. The Hall–Kier alpha value is -0.720. The molecule has 0 aliphatic heterocycles. The molecule has 0 amide bonds. The molecule has 1 rings (SSSR count). The van der Waals surface area contributed by atoms with Crippen molar-refractivity contribution in [3.8, 4) is 0 Å². The van der Waals surface area contributed by atoms with Crippen LogP contribution in [0.1, 0.15) is 27.2 Å². The average molecular weight is 140 g/mol. The Bertz CT molecular complexity index is 102. The van der Waals surface area contributed by atoms with E-state index in [1.54, 1.807) is 12.5 Å². The SMILES string of the molecule is CCC(C)C.c1ccoc1. The van der Waals surface area contributed by atoms with Gasteiger partial charge in [-0.25, -0.2) is 0 Å². The number of hydrogen-bond donors (Lipinski definition) is 0. The van der Waals surface area contributed by atoms with Crippen molar-refractivity contribution in [3.05, 3.63) is 24.7 Å². The van der Waals surface area contributed by atoms with Gasteiger partial charge >= 0.3 is 0 Å². The van der Waals surface area contributed by atoms with Crippen molar-refractivity contribution < 1.29 is 4.42 Å². The van der Waals surface area contributed by atoms with Gasteiger partial charge in [-0.05, 0) is 18.1 Å². The van der Waals surface area contributed by atoms with Crippen LogP contribution < -0.4 is 0 Å². The Kier molecular flexibility index (Phi) is 5.94. The van der Waals surface area contributed by atoms with E-state index in [-0.39, 0.29) is 0 Å². The maximum atomic E-state index is 4.58.